The summed E-state index contributed by atoms with van der Waals surface area (Å²) >= 11 is 0. The van der Waals surface area contributed by atoms with Gasteiger partial charge in [0.05, 0.1) is 24.8 Å². The van der Waals surface area contributed by atoms with E-state index in [1.165, 1.54) is 0 Å². The van der Waals surface area contributed by atoms with Crippen molar-refractivity contribution in [2.45, 2.75) is 6.92 Å². The number of anilines is 1. The number of carbonyl (C=O) groups excluding carboxylic acids is 1. The van der Waals surface area contributed by atoms with Crippen molar-refractivity contribution in [1.29, 1.82) is 0 Å². The minimum absolute atomic E-state index is 0.323. The Morgan fingerprint density at radius 1 is 0.917 bits per heavy atom. The monoisotopic (exact) mass is 478 g/mol. The van der Waals surface area contributed by atoms with Gasteiger partial charge in [-0.05, 0) is 53.9 Å². The van der Waals surface area contributed by atoms with Crippen molar-refractivity contribution in [3.63, 3.8) is 0 Å². The standard InChI is InChI=1S/C29H26N4O3/c1-4-36-29(34)21-7-5-20(6-8-21)25-17-33(28-16-27(30-2)31-18-32-28)26-15-22(11-14-24(25)26)19-9-12-23(35-3)13-10-19/h5-18H,4H2,1-3H3,(H,30,31,32). The summed E-state index contributed by atoms with van der Waals surface area (Å²) < 4.78 is 12.5. The van der Waals surface area contributed by atoms with Crippen LogP contribution in [0.4, 0.5) is 5.82 Å². The van der Waals surface area contributed by atoms with E-state index in [4.69, 9.17) is 9.47 Å². The topological polar surface area (TPSA) is 78.3 Å². The van der Waals surface area contributed by atoms with Gasteiger partial charge in [-0.25, -0.2) is 14.8 Å². The van der Waals surface area contributed by atoms with Crippen LogP contribution in [0.15, 0.2) is 85.3 Å². The first-order valence-electron chi connectivity index (χ1n) is 11.7. The minimum Gasteiger partial charge on any atom is -0.497 e. The highest BCUT2D eigenvalue weighted by atomic mass is 16.5. The molecule has 1 N–H and O–H groups in total. The van der Waals surface area contributed by atoms with Gasteiger partial charge in [0.15, 0.2) is 0 Å². The number of aromatic nitrogens is 3. The van der Waals surface area contributed by atoms with Crippen molar-refractivity contribution < 1.29 is 14.3 Å². The summed E-state index contributed by atoms with van der Waals surface area (Å²) in [7, 11) is 3.49. The molecule has 7 heteroatoms. The van der Waals surface area contributed by atoms with Crippen LogP contribution in [0.25, 0.3) is 39.0 Å². The molecule has 5 aromatic rings. The number of benzene rings is 3. The third kappa shape index (κ3) is 4.38. The van der Waals surface area contributed by atoms with Gasteiger partial charge < -0.3 is 19.4 Å². The van der Waals surface area contributed by atoms with Crippen molar-refractivity contribution >= 4 is 22.7 Å². The van der Waals surface area contributed by atoms with E-state index in [1.807, 2.05) is 49.5 Å². The number of carbonyl (C=O) groups is 1. The van der Waals surface area contributed by atoms with Crippen LogP contribution in [0.5, 0.6) is 5.75 Å². The summed E-state index contributed by atoms with van der Waals surface area (Å²) in [6.45, 7) is 2.14. The van der Waals surface area contributed by atoms with E-state index in [0.29, 0.717) is 12.2 Å². The molecule has 0 aliphatic carbocycles. The fourth-order valence-electron chi connectivity index (χ4n) is 4.23. The maximum atomic E-state index is 12.1. The molecule has 2 heterocycles. The number of rotatable bonds is 7. The fourth-order valence-corrected chi connectivity index (χ4v) is 4.23. The molecule has 0 radical (unpaired) electrons. The maximum absolute atomic E-state index is 12.1. The summed E-state index contributed by atoms with van der Waals surface area (Å²) in [4.78, 5) is 20.9. The van der Waals surface area contributed by atoms with Crippen molar-refractivity contribution in [3.8, 4) is 33.8 Å². The van der Waals surface area contributed by atoms with Gasteiger partial charge in [0.25, 0.3) is 0 Å². The lowest BCUT2D eigenvalue weighted by Gasteiger charge is -2.08. The SMILES string of the molecule is CCOC(=O)c1ccc(-c2cn(-c3cc(NC)ncn3)c3cc(-c4ccc(OC)cc4)ccc23)cc1. The molecular formula is C29H26N4O3. The first-order chi connectivity index (χ1) is 17.6. The van der Waals surface area contributed by atoms with Gasteiger partial charge in [0.2, 0.25) is 0 Å². The van der Waals surface area contributed by atoms with Crippen LogP contribution in [-0.2, 0) is 4.74 Å². The molecule has 0 bridgehead atoms. The molecule has 3 aromatic carbocycles. The molecule has 0 saturated heterocycles. The highest BCUT2D eigenvalue weighted by molar-refractivity contribution is 5.99. The second-order valence-electron chi connectivity index (χ2n) is 8.18. The molecule has 0 fully saturated rings. The third-order valence-electron chi connectivity index (χ3n) is 6.09. The first kappa shape index (κ1) is 23.1. The quantitative estimate of drug-likeness (QED) is 0.290. The van der Waals surface area contributed by atoms with Crippen LogP contribution in [0, 0.1) is 0 Å². The molecular weight excluding hydrogens is 452 g/mol. The van der Waals surface area contributed by atoms with Gasteiger partial charge in [-0.3, -0.25) is 0 Å². The van der Waals surface area contributed by atoms with E-state index >= 15 is 0 Å². The van der Waals surface area contributed by atoms with E-state index in [9.17, 15) is 4.79 Å². The molecule has 0 atom stereocenters. The molecule has 0 saturated carbocycles. The molecule has 0 amide bonds. The van der Waals surface area contributed by atoms with Gasteiger partial charge in [-0.15, -0.1) is 0 Å². The zero-order chi connectivity index (χ0) is 25.1. The summed E-state index contributed by atoms with van der Waals surface area (Å²) in [6.07, 6.45) is 3.62. The van der Waals surface area contributed by atoms with E-state index in [0.717, 1.165) is 50.5 Å². The Hall–Kier alpha value is -4.65. The van der Waals surface area contributed by atoms with E-state index < -0.39 is 0 Å². The Morgan fingerprint density at radius 3 is 2.33 bits per heavy atom. The highest BCUT2D eigenvalue weighted by Gasteiger charge is 2.15. The van der Waals surface area contributed by atoms with Crippen molar-refractivity contribution in [2.75, 3.05) is 26.1 Å². The van der Waals surface area contributed by atoms with Gasteiger partial charge in [0, 0.05) is 30.3 Å². The second-order valence-corrected chi connectivity index (χ2v) is 8.18. The zero-order valence-electron chi connectivity index (χ0n) is 20.4. The van der Waals surface area contributed by atoms with Crippen LogP contribution in [0.3, 0.4) is 0 Å². The lowest BCUT2D eigenvalue weighted by atomic mass is 10.00. The summed E-state index contributed by atoms with van der Waals surface area (Å²) in [5.74, 6) is 1.97. The van der Waals surface area contributed by atoms with Crippen LogP contribution >= 0.6 is 0 Å². The lowest BCUT2D eigenvalue weighted by Crippen LogP contribution is -2.03. The number of hydrogen-bond acceptors (Lipinski definition) is 6. The van der Waals surface area contributed by atoms with Crippen LogP contribution in [0.1, 0.15) is 17.3 Å². The Balaban J connectivity index is 1.65. The average molecular weight is 479 g/mol. The molecule has 2 aromatic heterocycles. The first-order valence-corrected chi connectivity index (χ1v) is 11.7. The third-order valence-corrected chi connectivity index (χ3v) is 6.09. The van der Waals surface area contributed by atoms with Crippen LogP contribution < -0.4 is 10.1 Å². The smallest absolute Gasteiger partial charge is 0.338 e. The van der Waals surface area contributed by atoms with Gasteiger partial charge >= 0.3 is 5.97 Å². The normalized spacial score (nSPS) is 10.9. The van der Waals surface area contributed by atoms with Crippen molar-refractivity contribution in [1.82, 2.24) is 14.5 Å². The lowest BCUT2D eigenvalue weighted by molar-refractivity contribution is 0.0526. The molecule has 7 nitrogen and oxygen atoms in total. The van der Waals surface area contributed by atoms with Gasteiger partial charge in [-0.2, -0.15) is 0 Å². The molecule has 0 unspecified atom stereocenters. The fraction of sp³-hybridized carbons (Fsp3) is 0.138. The van der Waals surface area contributed by atoms with Crippen LogP contribution in [0.2, 0.25) is 0 Å². The Labute approximate surface area is 209 Å². The number of nitrogens with one attached hydrogen (secondary N) is 1. The number of esters is 1. The summed E-state index contributed by atoms with van der Waals surface area (Å²) in [6, 6.07) is 23.8. The maximum Gasteiger partial charge on any atom is 0.338 e. The van der Waals surface area contributed by atoms with E-state index in [-0.39, 0.29) is 5.97 Å². The predicted molar refractivity (Wildman–Crippen MR) is 142 cm³/mol. The zero-order valence-corrected chi connectivity index (χ0v) is 20.4. The number of hydrogen-bond donors (Lipinski definition) is 1. The van der Waals surface area contributed by atoms with Crippen molar-refractivity contribution in [3.05, 3.63) is 90.9 Å². The number of methoxy groups -OCH3 is 1. The highest BCUT2D eigenvalue weighted by Crippen LogP contribution is 2.35. The number of fused-ring (bicyclic) bond motifs is 1. The van der Waals surface area contributed by atoms with Crippen molar-refractivity contribution in [2.24, 2.45) is 0 Å². The molecule has 0 aliphatic heterocycles. The van der Waals surface area contributed by atoms with Gasteiger partial charge in [-0.1, -0.05) is 36.4 Å². The summed E-state index contributed by atoms with van der Waals surface area (Å²) in [5.41, 5.74) is 5.73. The predicted octanol–water partition coefficient (Wildman–Crippen LogP) is 5.98. The molecule has 36 heavy (non-hydrogen) atoms. The van der Waals surface area contributed by atoms with E-state index in [1.54, 1.807) is 32.5 Å². The molecule has 180 valence electrons. The Kier molecular flexibility index (Phi) is 6.36. The van der Waals surface area contributed by atoms with E-state index in [2.05, 4.69) is 44.2 Å². The van der Waals surface area contributed by atoms with Crippen LogP contribution in [-0.4, -0.2) is 41.3 Å². The number of nitrogens with zero attached hydrogens (tertiary/aromatic N) is 3. The minimum atomic E-state index is -0.323. The van der Waals surface area contributed by atoms with Gasteiger partial charge in [0.1, 0.15) is 23.7 Å². The molecule has 0 spiro atoms. The summed E-state index contributed by atoms with van der Waals surface area (Å²) in [5, 5.41) is 4.15. The Bertz CT molecular complexity index is 1520. The molecule has 0 aliphatic rings. The Morgan fingerprint density at radius 2 is 1.64 bits per heavy atom. The average Bonchev–Trinajstić information content (AvgIpc) is 3.32. The second kappa shape index (κ2) is 9.92. The number of ether oxygens (including phenoxy) is 2. The largest absolute Gasteiger partial charge is 0.497 e. The molecule has 5 rings (SSSR count).